The summed E-state index contributed by atoms with van der Waals surface area (Å²) in [4.78, 5) is 0. The predicted octanol–water partition coefficient (Wildman–Crippen LogP) is 2.95. The van der Waals surface area contributed by atoms with E-state index in [0.29, 0.717) is 12.2 Å². The Kier molecular flexibility index (Phi) is 4.42. The van der Waals surface area contributed by atoms with Gasteiger partial charge in [-0.2, -0.15) is 0 Å². The van der Waals surface area contributed by atoms with E-state index in [1.807, 2.05) is 0 Å². The summed E-state index contributed by atoms with van der Waals surface area (Å²) in [6, 6.07) is 10.0. The Morgan fingerprint density at radius 3 is 2.52 bits per heavy atom. The molecule has 0 atom stereocenters. The quantitative estimate of drug-likeness (QED) is 0.892. The van der Waals surface area contributed by atoms with Crippen LogP contribution in [0.4, 0.5) is 20.2 Å². The molecule has 0 radical (unpaired) electrons. The van der Waals surface area contributed by atoms with Crippen molar-refractivity contribution in [2.75, 3.05) is 16.3 Å². The van der Waals surface area contributed by atoms with Gasteiger partial charge < -0.3 is 5.32 Å². The summed E-state index contributed by atoms with van der Waals surface area (Å²) in [6.45, 7) is 0.335. The molecule has 0 saturated carbocycles. The molecule has 0 heterocycles. The van der Waals surface area contributed by atoms with Gasteiger partial charge in [-0.15, -0.1) is 0 Å². The third-order valence-corrected chi connectivity index (χ3v) is 3.24. The monoisotopic (exact) mass is 312 g/mol. The van der Waals surface area contributed by atoms with E-state index in [4.69, 9.17) is 0 Å². The summed E-state index contributed by atoms with van der Waals surface area (Å²) in [6.07, 6.45) is 0.944. The third kappa shape index (κ3) is 4.71. The Labute approximate surface area is 121 Å². The maximum absolute atomic E-state index is 13.5. The minimum atomic E-state index is -3.56. The fourth-order valence-electron chi connectivity index (χ4n) is 1.76. The van der Waals surface area contributed by atoms with Gasteiger partial charge in [0.25, 0.3) is 0 Å². The molecular weight excluding hydrogens is 298 g/mol. The minimum Gasteiger partial charge on any atom is -0.381 e. The van der Waals surface area contributed by atoms with Crippen molar-refractivity contribution in [2.24, 2.45) is 0 Å². The van der Waals surface area contributed by atoms with E-state index < -0.39 is 15.8 Å². The van der Waals surface area contributed by atoms with Crippen LogP contribution in [0.5, 0.6) is 0 Å². The van der Waals surface area contributed by atoms with Crippen LogP contribution in [-0.2, 0) is 16.6 Å². The molecule has 2 rings (SSSR count). The number of nitrogens with one attached hydrogen (secondary N) is 2. The van der Waals surface area contributed by atoms with E-state index in [9.17, 15) is 17.2 Å². The number of benzene rings is 2. The normalized spacial score (nSPS) is 11.2. The first-order chi connectivity index (χ1) is 9.83. The summed E-state index contributed by atoms with van der Waals surface area (Å²) in [7, 11) is -3.56. The smallest absolute Gasteiger partial charge is 0.229 e. The highest BCUT2D eigenvalue weighted by molar-refractivity contribution is 7.92. The highest BCUT2D eigenvalue weighted by Crippen LogP contribution is 2.21. The average Bonchev–Trinajstić information content (AvgIpc) is 2.38. The molecule has 112 valence electrons. The van der Waals surface area contributed by atoms with Crippen molar-refractivity contribution in [1.29, 1.82) is 0 Å². The molecule has 2 aromatic rings. The Hall–Kier alpha value is -2.15. The molecule has 0 spiro atoms. The number of anilines is 2. The van der Waals surface area contributed by atoms with E-state index in [2.05, 4.69) is 10.0 Å². The summed E-state index contributed by atoms with van der Waals surface area (Å²) in [5.41, 5.74) is 1.10. The Balaban J connectivity index is 2.12. The van der Waals surface area contributed by atoms with Crippen molar-refractivity contribution in [3.05, 3.63) is 59.7 Å². The maximum atomic E-state index is 13.5. The molecule has 0 fully saturated rings. The Morgan fingerprint density at radius 1 is 1.10 bits per heavy atom. The topological polar surface area (TPSA) is 58.2 Å². The van der Waals surface area contributed by atoms with Crippen molar-refractivity contribution in [3.8, 4) is 0 Å². The van der Waals surface area contributed by atoms with Gasteiger partial charge in [0.1, 0.15) is 11.6 Å². The van der Waals surface area contributed by atoms with Crippen LogP contribution in [0, 0.1) is 11.6 Å². The molecule has 4 nitrogen and oxygen atoms in total. The lowest BCUT2D eigenvalue weighted by Gasteiger charge is -2.10. The van der Waals surface area contributed by atoms with Crippen molar-refractivity contribution in [2.45, 2.75) is 6.54 Å². The second kappa shape index (κ2) is 6.09. The first kappa shape index (κ1) is 15.2. The zero-order valence-corrected chi connectivity index (χ0v) is 12.0. The Bertz CT molecular complexity index is 748. The number of rotatable bonds is 5. The molecule has 2 N–H and O–H groups in total. The van der Waals surface area contributed by atoms with Crippen molar-refractivity contribution in [1.82, 2.24) is 0 Å². The summed E-state index contributed by atoms with van der Waals surface area (Å²) in [5, 5.41) is 2.97. The molecule has 2 aromatic carbocycles. The standard InChI is InChI=1S/C14H14F2N2O2S/c1-21(19,20)18-14-8-12(5-6-13(14)16)17-9-10-3-2-4-11(15)7-10/h2-8,17-18H,9H2,1H3. The van der Waals surface area contributed by atoms with E-state index >= 15 is 0 Å². The van der Waals surface area contributed by atoms with Gasteiger partial charge in [-0.25, -0.2) is 17.2 Å². The lowest BCUT2D eigenvalue weighted by Crippen LogP contribution is -2.11. The van der Waals surface area contributed by atoms with Crippen molar-refractivity contribution >= 4 is 21.4 Å². The molecule has 0 aliphatic rings. The highest BCUT2D eigenvalue weighted by Gasteiger charge is 2.08. The maximum Gasteiger partial charge on any atom is 0.229 e. The van der Waals surface area contributed by atoms with Crippen LogP contribution >= 0.6 is 0 Å². The van der Waals surface area contributed by atoms with Crippen LogP contribution in [0.1, 0.15) is 5.56 Å². The van der Waals surface area contributed by atoms with Gasteiger partial charge in [-0.05, 0) is 35.9 Å². The molecule has 7 heteroatoms. The van der Waals surface area contributed by atoms with E-state index in [1.165, 1.54) is 24.3 Å². The number of hydrogen-bond donors (Lipinski definition) is 2. The second-order valence-electron chi connectivity index (χ2n) is 4.55. The van der Waals surface area contributed by atoms with Gasteiger partial charge in [0.05, 0.1) is 11.9 Å². The van der Waals surface area contributed by atoms with E-state index in [1.54, 1.807) is 12.1 Å². The van der Waals surface area contributed by atoms with Crippen LogP contribution in [0.25, 0.3) is 0 Å². The largest absolute Gasteiger partial charge is 0.381 e. The number of halogens is 2. The Morgan fingerprint density at radius 2 is 1.86 bits per heavy atom. The third-order valence-electron chi connectivity index (χ3n) is 2.65. The lowest BCUT2D eigenvalue weighted by atomic mass is 10.2. The van der Waals surface area contributed by atoms with Crippen LogP contribution in [0.15, 0.2) is 42.5 Å². The van der Waals surface area contributed by atoms with Crippen LogP contribution < -0.4 is 10.0 Å². The first-order valence-electron chi connectivity index (χ1n) is 6.09. The van der Waals surface area contributed by atoms with Crippen LogP contribution in [-0.4, -0.2) is 14.7 Å². The summed E-state index contributed by atoms with van der Waals surface area (Å²) in [5.74, 6) is -1.01. The molecule has 0 unspecified atom stereocenters. The van der Waals surface area contributed by atoms with Gasteiger partial charge in [-0.3, -0.25) is 4.72 Å². The molecule has 0 aliphatic heterocycles. The van der Waals surface area contributed by atoms with Gasteiger partial charge in [0.2, 0.25) is 10.0 Å². The van der Waals surface area contributed by atoms with Gasteiger partial charge in [-0.1, -0.05) is 12.1 Å². The molecule has 0 aromatic heterocycles. The fourth-order valence-corrected chi connectivity index (χ4v) is 2.32. The average molecular weight is 312 g/mol. The van der Waals surface area contributed by atoms with E-state index in [-0.39, 0.29) is 11.5 Å². The fraction of sp³-hybridized carbons (Fsp3) is 0.143. The van der Waals surface area contributed by atoms with Crippen molar-refractivity contribution in [3.63, 3.8) is 0 Å². The molecular formula is C14H14F2N2O2S. The number of hydrogen-bond acceptors (Lipinski definition) is 3. The van der Waals surface area contributed by atoms with Gasteiger partial charge in [0, 0.05) is 12.2 Å². The van der Waals surface area contributed by atoms with Crippen LogP contribution in [0.3, 0.4) is 0 Å². The molecule has 0 aliphatic carbocycles. The predicted molar refractivity (Wildman–Crippen MR) is 78.6 cm³/mol. The van der Waals surface area contributed by atoms with Gasteiger partial charge in [0.15, 0.2) is 0 Å². The first-order valence-corrected chi connectivity index (χ1v) is 7.98. The zero-order valence-electron chi connectivity index (χ0n) is 11.2. The van der Waals surface area contributed by atoms with Crippen LogP contribution in [0.2, 0.25) is 0 Å². The molecule has 0 saturated heterocycles. The molecule has 0 amide bonds. The summed E-state index contributed by atoms with van der Waals surface area (Å²) >= 11 is 0. The molecule has 21 heavy (non-hydrogen) atoms. The lowest BCUT2D eigenvalue weighted by molar-refractivity contribution is 0.603. The molecule has 0 bridgehead atoms. The zero-order chi connectivity index (χ0) is 15.5. The number of sulfonamides is 1. The SMILES string of the molecule is CS(=O)(=O)Nc1cc(NCc2cccc(F)c2)ccc1F. The van der Waals surface area contributed by atoms with E-state index in [0.717, 1.165) is 17.9 Å². The second-order valence-corrected chi connectivity index (χ2v) is 6.30. The van der Waals surface area contributed by atoms with Gasteiger partial charge >= 0.3 is 0 Å². The summed E-state index contributed by atoms with van der Waals surface area (Å²) < 4.78 is 50.9. The van der Waals surface area contributed by atoms with Crippen molar-refractivity contribution < 1.29 is 17.2 Å². The minimum absolute atomic E-state index is 0.137. The highest BCUT2D eigenvalue weighted by atomic mass is 32.2.